The van der Waals surface area contributed by atoms with Crippen LogP contribution in [0.15, 0.2) is 42.5 Å². The van der Waals surface area contributed by atoms with Gasteiger partial charge in [-0.1, -0.05) is 0 Å². The molecule has 0 aliphatic carbocycles. The molecule has 1 atom stereocenters. The van der Waals surface area contributed by atoms with E-state index in [-0.39, 0.29) is 24.7 Å². The van der Waals surface area contributed by atoms with Crippen molar-refractivity contribution in [3.63, 3.8) is 0 Å². The van der Waals surface area contributed by atoms with Crippen molar-refractivity contribution in [1.29, 1.82) is 0 Å². The lowest BCUT2D eigenvalue weighted by molar-refractivity contribution is -0.149. The number of anilines is 1. The molecule has 1 unspecified atom stereocenters. The van der Waals surface area contributed by atoms with Gasteiger partial charge in [0.1, 0.15) is 5.82 Å². The minimum absolute atomic E-state index is 0.0556. The molecule has 0 bridgehead atoms. The Bertz CT molecular complexity index is 1000. The highest BCUT2D eigenvalue weighted by Gasteiger charge is 2.51. The van der Waals surface area contributed by atoms with Crippen molar-refractivity contribution in [2.75, 3.05) is 11.4 Å². The summed E-state index contributed by atoms with van der Waals surface area (Å²) in [6, 6.07) is 5.43. The van der Waals surface area contributed by atoms with Crippen molar-refractivity contribution in [2.45, 2.75) is 30.9 Å². The molecule has 0 aromatic heterocycles. The first-order valence-corrected chi connectivity index (χ1v) is 9.08. The van der Waals surface area contributed by atoms with Gasteiger partial charge in [0, 0.05) is 25.2 Å². The second-order valence-corrected chi connectivity index (χ2v) is 7.14. The second-order valence-electron chi connectivity index (χ2n) is 7.14. The fraction of sp³-hybridized carbons (Fsp3) is 0.300. The average molecular weight is 464 g/mol. The van der Waals surface area contributed by atoms with Gasteiger partial charge in [0.25, 0.3) is 11.8 Å². The van der Waals surface area contributed by atoms with Gasteiger partial charge in [-0.05, 0) is 48.0 Å². The highest BCUT2D eigenvalue weighted by atomic mass is 19.4. The SMILES string of the molecule is O=C(NCc1cc(C(F)(F)F)cc(C(F)(F)F)c1)C1(O)CCN(c2ccc(F)cc2)C1=O. The van der Waals surface area contributed by atoms with E-state index in [1.54, 1.807) is 0 Å². The fourth-order valence-corrected chi connectivity index (χ4v) is 3.23. The van der Waals surface area contributed by atoms with Crippen LogP contribution in [0.2, 0.25) is 0 Å². The summed E-state index contributed by atoms with van der Waals surface area (Å²) in [4.78, 5) is 26.0. The van der Waals surface area contributed by atoms with Crippen LogP contribution in [0.4, 0.5) is 36.4 Å². The van der Waals surface area contributed by atoms with Gasteiger partial charge in [-0.25, -0.2) is 4.39 Å². The van der Waals surface area contributed by atoms with E-state index in [1.165, 1.54) is 12.1 Å². The van der Waals surface area contributed by atoms with E-state index in [0.29, 0.717) is 12.1 Å². The lowest BCUT2D eigenvalue weighted by Crippen LogP contribution is -2.52. The molecule has 2 aromatic rings. The Morgan fingerprint density at radius 2 is 1.53 bits per heavy atom. The van der Waals surface area contributed by atoms with E-state index in [1.807, 2.05) is 5.32 Å². The lowest BCUT2D eigenvalue weighted by Gasteiger charge is -2.22. The first-order valence-electron chi connectivity index (χ1n) is 9.08. The Morgan fingerprint density at radius 3 is 2.03 bits per heavy atom. The van der Waals surface area contributed by atoms with Gasteiger partial charge >= 0.3 is 12.4 Å². The number of halogens is 7. The summed E-state index contributed by atoms with van der Waals surface area (Å²) >= 11 is 0. The molecule has 2 aromatic carbocycles. The topological polar surface area (TPSA) is 69.6 Å². The van der Waals surface area contributed by atoms with Crippen molar-refractivity contribution in [3.05, 3.63) is 65.0 Å². The number of amides is 2. The smallest absolute Gasteiger partial charge is 0.372 e. The number of benzene rings is 2. The van der Waals surface area contributed by atoms with Crippen LogP contribution in [0.3, 0.4) is 0 Å². The summed E-state index contributed by atoms with van der Waals surface area (Å²) < 4.78 is 90.8. The van der Waals surface area contributed by atoms with Crippen LogP contribution in [0.25, 0.3) is 0 Å². The fourth-order valence-electron chi connectivity index (χ4n) is 3.23. The largest absolute Gasteiger partial charge is 0.416 e. The lowest BCUT2D eigenvalue weighted by atomic mass is 10.0. The van der Waals surface area contributed by atoms with Crippen molar-refractivity contribution in [3.8, 4) is 0 Å². The predicted molar refractivity (Wildman–Crippen MR) is 96.6 cm³/mol. The molecular formula is C20H15F7N2O3. The minimum Gasteiger partial charge on any atom is -0.372 e. The van der Waals surface area contributed by atoms with Crippen LogP contribution in [0.1, 0.15) is 23.1 Å². The van der Waals surface area contributed by atoms with Crippen LogP contribution in [-0.2, 0) is 28.5 Å². The van der Waals surface area contributed by atoms with Gasteiger partial charge in [-0.3, -0.25) is 9.59 Å². The molecule has 3 rings (SSSR count). The average Bonchev–Trinajstić information content (AvgIpc) is 3.01. The summed E-state index contributed by atoms with van der Waals surface area (Å²) in [6.07, 6.45) is -10.5. The van der Waals surface area contributed by atoms with E-state index in [9.17, 15) is 45.4 Å². The van der Waals surface area contributed by atoms with E-state index in [4.69, 9.17) is 0 Å². The maximum absolute atomic E-state index is 13.1. The zero-order valence-electron chi connectivity index (χ0n) is 16.0. The monoisotopic (exact) mass is 464 g/mol. The molecule has 2 amide bonds. The highest BCUT2D eigenvalue weighted by molar-refractivity contribution is 6.16. The van der Waals surface area contributed by atoms with Crippen LogP contribution in [0.5, 0.6) is 0 Å². The third-order valence-electron chi connectivity index (χ3n) is 4.91. The standard InChI is InChI=1S/C20H15F7N2O3/c21-14-1-3-15(4-2-14)29-6-5-18(32,17(29)31)16(30)28-10-11-7-12(19(22,23)24)9-13(8-11)20(25,26)27/h1-4,7-9,32H,5-6,10H2,(H,28,30). The number of carbonyl (C=O) groups excluding carboxylic acids is 2. The molecule has 2 N–H and O–H groups in total. The molecule has 0 radical (unpaired) electrons. The Morgan fingerprint density at radius 1 is 1.00 bits per heavy atom. The number of hydrogen-bond acceptors (Lipinski definition) is 3. The normalized spacial score (nSPS) is 19.4. The molecule has 1 saturated heterocycles. The number of alkyl halides is 6. The zero-order chi connectivity index (χ0) is 23.9. The molecule has 32 heavy (non-hydrogen) atoms. The van der Waals surface area contributed by atoms with Crippen LogP contribution in [0, 0.1) is 5.82 Å². The summed E-state index contributed by atoms with van der Waals surface area (Å²) in [7, 11) is 0. The Balaban J connectivity index is 1.78. The first-order chi connectivity index (χ1) is 14.7. The molecule has 0 saturated carbocycles. The maximum atomic E-state index is 13.1. The molecule has 1 fully saturated rings. The van der Waals surface area contributed by atoms with Crippen LogP contribution < -0.4 is 10.2 Å². The second kappa shape index (κ2) is 8.08. The molecule has 5 nitrogen and oxygen atoms in total. The molecule has 12 heteroatoms. The van der Waals surface area contributed by atoms with Crippen molar-refractivity contribution < 1.29 is 45.4 Å². The molecule has 1 heterocycles. The van der Waals surface area contributed by atoms with Gasteiger partial charge in [-0.2, -0.15) is 26.3 Å². The number of nitrogens with one attached hydrogen (secondary N) is 1. The number of aliphatic hydroxyl groups is 1. The first kappa shape index (κ1) is 23.5. The number of nitrogens with zero attached hydrogens (tertiary/aromatic N) is 1. The van der Waals surface area contributed by atoms with Crippen molar-refractivity contribution in [2.24, 2.45) is 0 Å². The molecule has 0 spiro atoms. The maximum Gasteiger partial charge on any atom is 0.416 e. The molecular weight excluding hydrogens is 449 g/mol. The van der Waals surface area contributed by atoms with E-state index in [2.05, 4.69) is 0 Å². The number of rotatable bonds is 4. The van der Waals surface area contributed by atoms with Crippen LogP contribution >= 0.6 is 0 Å². The molecule has 1 aliphatic heterocycles. The van der Waals surface area contributed by atoms with Crippen LogP contribution in [-0.4, -0.2) is 29.1 Å². The van der Waals surface area contributed by atoms with E-state index < -0.39 is 58.8 Å². The molecule has 1 aliphatic rings. The Kier molecular flexibility index (Phi) is 5.94. The molecule has 172 valence electrons. The van der Waals surface area contributed by atoms with Gasteiger partial charge in [-0.15, -0.1) is 0 Å². The Labute approximate surface area is 176 Å². The summed E-state index contributed by atoms with van der Waals surface area (Å²) in [6.45, 7) is -0.909. The van der Waals surface area contributed by atoms with Gasteiger partial charge in [0.15, 0.2) is 0 Å². The third-order valence-corrected chi connectivity index (χ3v) is 4.91. The Hall–Kier alpha value is -3.15. The van der Waals surface area contributed by atoms with Crippen molar-refractivity contribution in [1.82, 2.24) is 5.32 Å². The zero-order valence-corrected chi connectivity index (χ0v) is 16.0. The third kappa shape index (κ3) is 4.69. The predicted octanol–water partition coefficient (Wildman–Crippen LogP) is 3.65. The number of carbonyl (C=O) groups is 2. The highest BCUT2D eigenvalue weighted by Crippen LogP contribution is 2.36. The van der Waals surface area contributed by atoms with E-state index in [0.717, 1.165) is 17.0 Å². The quantitative estimate of drug-likeness (QED) is 0.536. The van der Waals surface area contributed by atoms with Gasteiger partial charge in [0.05, 0.1) is 11.1 Å². The van der Waals surface area contributed by atoms with E-state index >= 15 is 0 Å². The van der Waals surface area contributed by atoms with Crippen molar-refractivity contribution >= 4 is 17.5 Å². The minimum atomic E-state index is -5.06. The summed E-state index contributed by atoms with van der Waals surface area (Å²) in [5.74, 6) is -2.91. The summed E-state index contributed by atoms with van der Waals surface area (Å²) in [5.41, 5.74) is -6.02. The van der Waals surface area contributed by atoms with Gasteiger partial charge in [0.2, 0.25) is 5.60 Å². The van der Waals surface area contributed by atoms with Gasteiger partial charge < -0.3 is 15.3 Å². The number of hydrogen-bond donors (Lipinski definition) is 2. The summed E-state index contributed by atoms with van der Waals surface area (Å²) in [5, 5.41) is 12.5.